The summed E-state index contributed by atoms with van der Waals surface area (Å²) in [5, 5.41) is 0. The van der Waals surface area contributed by atoms with Gasteiger partial charge in [-0.1, -0.05) is 60.7 Å². The molecule has 0 amide bonds. The summed E-state index contributed by atoms with van der Waals surface area (Å²) >= 11 is 0. The van der Waals surface area contributed by atoms with Crippen LogP contribution >= 0.6 is 0 Å². The van der Waals surface area contributed by atoms with Crippen molar-refractivity contribution in [2.24, 2.45) is 5.92 Å². The Labute approximate surface area is 142 Å². The number of carbonyl (C=O) groups excluding carboxylic acids is 1. The van der Waals surface area contributed by atoms with Gasteiger partial charge >= 0.3 is 5.97 Å². The average Bonchev–Trinajstić information content (AvgIpc) is 2.93. The molecule has 1 atom stereocenters. The highest BCUT2D eigenvalue weighted by Gasteiger charge is 2.30. The predicted molar refractivity (Wildman–Crippen MR) is 92.2 cm³/mol. The second-order valence-corrected chi connectivity index (χ2v) is 8.39. The van der Waals surface area contributed by atoms with Crippen LogP contribution in [0.5, 0.6) is 0 Å². The summed E-state index contributed by atoms with van der Waals surface area (Å²) in [6.45, 7) is 0. The normalized spacial score (nSPS) is 19.3. The molecule has 1 unspecified atom stereocenters. The van der Waals surface area contributed by atoms with Gasteiger partial charge in [-0.3, -0.25) is 4.79 Å². The number of benzene rings is 2. The second-order valence-electron chi connectivity index (χ2n) is 6.16. The third-order valence-electron chi connectivity index (χ3n) is 4.24. The SMILES string of the molecule is O=C(CC1CCS(=O)(=O)C1)OC(c1ccccc1)c1ccccc1. The van der Waals surface area contributed by atoms with Gasteiger partial charge in [0, 0.05) is 6.42 Å². The molecule has 5 heteroatoms. The Balaban J connectivity index is 1.74. The molecule has 1 fully saturated rings. The molecule has 0 aromatic heterocycles. The molecule has 1 aliphatic heterocycles. The molecule has 0 radical (unpaired) electrons. The number of carbonyl (C=O) groups is 1. The van der Waals surface area contributed by atoms with Gasteiger partial charge in [0.05, 0.1) is 11.5 Å². The molecule has 0 N–H and O–H groups in total. The molecule has 0 saturated carbocycles. The van der Waals surface area contributed by atoms with Crippen molar-refractivity contribution >= 4 is 15.8 Å². The molecule has 24 heavy (non-hydrogen) atoms. The van der Waals surface area contributed by atoms with Crippen LogP contribution in [0.25, 0.3) is 0 Å². The summed E-state index contributed by atoms with van der Waals surface area (Å²) in [6.07, 6.45) is 0.215. The maximum absolute atomic E-state index is 12.4. The fourth-order valence-electron chi connectivity index (χ4n) is 3.03. The zero-order valence-electron chi connectivity index (χ0n) is 13.3. The van der Waals surface area contributed by atoms with Crippen molar-refractivity contribution in [2.45, 2.75) is 18.9 Å². The Bertz CT molecular complexity index is 745. The van der Waals surface area contributed by atoms with E-state index < -0.39 is 15.9 Å². The van der Waals surface area contributed by atoms with Crippen molar-refractivity contribution in [1.82, 2.24) is 0 Å². The standard InChI is InChI=1S/C19H20O4S/c20-18(13-15-11-12-24(21,22)14-15)23-19(16-7-3-1-4-8-16)17-9-5-2-6-10-17/h1-10,15,19H,11-14H2. The number of hydrogen-bond acceptors (Lipinski definition) is 4. The van der Waals surface area contributed by atoms with Gasteiger partial charge in [0.1, 0.15) is 0 Å². The fraction of sp³-hybridized carbons (Fsp3) is 0.316. The van der Waals surface area contributed by atoms with E-state index in [0.717, 1.165) is 11.1 Å². The van der Waals surface area contributed by atoms with E-state index in [-0.39, 0.29) is 29.8 Å². The molecule has 126 valence electrons. The minimum atomic E-state index is -2.98. The number of hydrogen-bond donors (Lipinski definition) is 0. The molecule has 0 bridgehead atoms. The predicted octanol–water partition coefficient (Wildman–Crippen LogP) is 3.14. The molecule has 1 heterocycles. The number of ether oxygens (including phenoxy) is 1. The smallest absolute Gasteiger partial charge is 0.307 e. The monoisotopic (exact) mass is 344 g/mol. The van der Waals surface area contributed by atoms with Gasteiger partial charge in [-0.15, -0.1) is 0 Å². The van der Waals surface area contributed by atoms with Crippen LogP contribution in [-0.2, 0) is 19.4 Å². The molecule has 2 aromatic rings. The van der Waals surface area contributed by atoms with Crippen molar-refractivity contribution in [3.05, 3.63) is 71.8 Å². The van der Waals surface area contributed by atoms with Gasteiger partial charge < -0.3 is 4.74 Å². The first-order valence-electron chi connectivity index (χ1n) is 8.03. The van der Waals surface area contributed by atoms with Crippen LogP contribution in [0.2, 0.25) is 0 Å². The lowest BCUT2D eigenvalue weighted by Gasteiger charge is -2.19. The summed E-state index contributed by atoms with van der Waals surface area (Å²) < 4.78 is 28.8. The van der Waals surface area contributed by atoms with E-state index in [0.29, 0.717) is 6.42 Å². The Morgan fingerprint density at radius 3 is 2.00 bits per heavy atom. The lowest BCUT2D eigenvalue weighted by Crippen LogP contribution is -2.17. The third kappa shape index (κ3) is 4.23. The first-order chi connectivity index (χ1) is 11.5. The van der Waals surface area contributed by atoms with E-state index in [1.54, 1.807) is 0 Å². The molecule has 1 aliphatic rings. The van der Waals surface area contributed by atoms with Crippen molar-refractivity contribution in [2.75, 3.05) is 11.5 Å². The number of sulfone groups is 1. The van der Waals surface area contributed by atoms with Crippen LogP contribution in [0.3, 0.4) is 0 Å². The van der Waals surface area contributed by atoms with E-state index in [1.165, 1.54) is 0 Å². The van der Waals surface area contributed by atoms with Crippen LogP contribution in [0.1, 0.15) is 30.1 Å². The van der Waals surface area contributed by atoms with Gasteiger partial charge in [-0.05, 0) is 23.5 Å². The van der Waals surface area contributed by atoms with Gasteiger partial charge in [0.15, 0.2) is 15.9 Å². The maximum atomic E-state index is 12.4. The molecule has 0 aliphatic carbocycles. The number of rotatable bonds is 5. The van der Waals surface area contributed by atoms with Crippen LogP contribution in [0.4, 0.5) is 0 Å². The first kappa shape index (κ1) is 16.7. The largest absolute Gasteiger partial charge is 0.453 e. The van der Waals surface area contributed by atoms with Crippen molar-refractivity contribution in [3.63, 3.8) is 0 Å². The Kier molecular flexibility index (Phi) is 5.00. The Hall–Kier alpha value is -2.14. The second kappa shape index (κ2) is 7.18. The van der Waals surface area contributed by atoms with E-state index >= 15 is 0 Å². The van der Waals surface area contributed by atoms with Crippen LogP contribution in [0.15, 0.2) is 60.7 Å². The summed E-state index contributed by atoms with van der Waals surface area (Å²) in [4.78, 5) is 12.4. The lowest BCUT2D eigenvalue weighted by atomic mass is 10.0. The zero-order valence-corrected chi connectivity index (χ0v) is 14.1. The minimum absolute atomic E-state index is 0.0867. The minimum Gasteiger partial charge on any atom is -0.453 e. The van der Waals surface area contributed by atoms with Crippen LogP contribution in [-0.4, -0.2) is 25.9 Å². The van der Waals surface area contributed by atoms with Gasteiger partial charge in [-0.2, -0.15) is 0 Å². The topological polar surface area (TPSA) is 60.4 Å². The quantitative estimate of drug-likeness (QED) is 0.782. The molecule has 3 rings (SSSR count). The van der Waals surface area contributed by atoms with Gasteiger partial charge in [-0.25, -0.2) is 8.42 Å². The van der Waals surface area contributed by atoms with E-state index in [1.807, 2.05) is 60.7 Å². The van der Waals surface area contributed by atoms with E-state index in [9.17, 15) is 13.2 Å². The van der Waals surface area contributed by atoms with E-state index in [2.05, 4.69) is 0 Å². The maximum Gasteiger partial charge on any atom is 0.307 e. The first-order valence-corrected chi connectivity index (χ1v) is 9.85. The molecule has 0 spiro atoms. The van der Waals surface area contributed by atoms with Crippen LogP contribution in [0, 0.1) is 5.92 Å². The van der Waals surface area contributed by atoms with Crippen LogP contribution < -0.4 is 0 Å². The van der Waals surface area contributed by atoms with Crippen molar-refractivity contribution < 1.29 is 17.9 Å². The highest BCUT2D eigenvalue weighted by molar-refractivity contribution is 7.91. The number of esters is 1. The molecule has 4 nitrogen and oxygen atoms in total. The van der Waals surface area contributed by atoms with Gasteiger partial charge in [0.2, 0.25) is 0 Å². The zero-order chi connectivity index (χ0) is 17.0. The third-order valence-corrected chi connectivity index (χ3v) is 6.07. The molecular formula is C19H20O4S. The Morgan fingerprint density at radius 2 is 1.54 bits per heavy atom. The molecule has 2 aromatic carbocycles. The Morgan fingerprint density at radius 1 is 1.00 bits per heavy atom. The fourth-order valence-corrected chi connectivity index (χ4v) is 4.89. The summed E-state index contributed by atoms with van der Waals surface area (Å²) in [5.41, 5.74) is 1.80. The van der Waals surface area contributed by atoms with Crippen molar-refractivity contribution in [3.8, 4) is 0 Å². The molecule has 1 saturated heterocycles. The van der Waals surface area contributed by atoms with E-state index in [4.69, 9.17) is 4.74 Å². The van der Waals surface area contributed by atoms with Gasteiger partial charge in [0.25, 0.3) is 0 Å². The highest BCUT2D eigenvalue weighted by Crippen LogP contribution is 2.28. The lowest BCUT2D eigenvalue weighted by molar-refractivity contribution is -0.148. The van der Waals surface area contributed by atoms with Crippen molar-refractivity contribution in [1.29, 1.82) is 0 Å². The highest BCUT2D eigenvalue weighted by atomic mass is 32.2. The molecular weight excluding hydrogens is 324 g/mol. The summed E-state index contributed by atoms with van der Waals surface area (Å²) in [6, 6.07) is 19.1. The summed E-state index contributed by atoms with van der Waals surface area (Å²) in [5.74, 6) is -0.223. The average molecular weight is 344 g/mol. The summed E-state index contributed by atoms with van der Waals surface area (Å²) in [7, 11) is -2.98.